The molecule has 23 heavy (non-hydrogen) atoms. The first-order chi connectivity index (χ1) is 11.2. The molecule has 2 fully saturated rings. The lowest BCUT2D eigenvalue weighted by Crippen LogP contribution is -2.45. The van der Waals surface area contributed by atoms with Crippen LogP contribution in [0.4, 0.5) is 4.79 Å². The average Bonchev–Trinajstić information content (AvgIpc) is 2.89. The van der Waals surface area contributed by atoms with Crippen molar-refractivity contribution in [2.75, 3.05) is 12.3 Å². The first-order valence-corrected chi connectivity index (χ1v) is 9.11. The van der Waals surface area contributed by atoms with Gasteiger partial charge in [-0.15, -0.1) is 0 Å². The molecule has 0 spiro atoms. The molecule has 3 amide bonds. The molecule has 0 N–H and O–H groups in total. The fourth-order valence-electron chi connectivity index (χ4n) is 3.70. The Hall–Kier alpha value is -1.49. The zero-order valence-electron chi connectivity index (χ0n) is 13.4. The minimum atomic E-state index is -0.172. The number of imide groups is 1. The van der Waals surface area contributed by atoms with Crippen molar-refractivity contribution in [3.8, 4) is 0 Å². The normalized spacial score (nSPS) is 21.1. The van der Waals surface area contributed by atoms with E-state index in [0.29, 0.717) is 12.2 Å². The third-order valence-corrected chi connectivity index (χ3v) is 5.35. The minimum absolute atomic E-state index is 0.0736. The van der Waals surface area contributed by atoms with Crippen molar-refractivity contribution in [3.63, 3.8) is 0 Å². The number of hydrogen-bond donors (Lipinski definition) is 1. The van der Waals surface area contributed by atoms with Gasteiger partial charge < -0.3 is 4.90 Å². The van der Waals surface area contributed by atoms with E-state index in [-0.39, 0.29) is 30.6 Å². The van der Waals surface area contributed by atoms with Crippen LogP contribution in [0.25, 0.3) is 0 Å². The monoisotopic (exact) mass is 332 g/mol. The molecule has 2 aliphatic rings. The number of carbonyl (C=O) groups is 2. The van der Waals surface area contributed by atoms with Gasteiger partial charge in [-0.3, -0.25) is 9.69 Å². The number of hydrogen-bond acceptors (Lipinski definition) is 3. The second-order valence-electron chi connectivity index (χ2n) is 6.49. The lowest BCUT2D eigenvalue weighted by molar-refractivity contribution is -0.126. The van der Waals surface area contributed by atoms with Gasteiger partial charge in [0.15, 0.2) is 0 Å². The Bertz CT molecular complexity index is 557. The van der Waals surface area contributed by atoms with Gasteiger partial charge in [-0.25, -0.2) is 4.79 Å². The third-order valence-electron chi connectivity index (χ3n) is 4.93. The second kappa shape index (κ2) is 7.39. The molecule has 1 saturated carbocycles. The highest BCUT2D eigenvalue weighted by atomic mass is 32.1. The number of carbonyl (C=O) groups excluding carboxylic acids is 2. The smallest absolute Gasteiger partial charge is 0.312 e. The van der Waals surface area contributed by atoms with Crippen molar-refractivity contribution in [1.82, 2.24) is 9.80 Å². The Morgan fingerprint density at radius 1 is 1.09 bits per heavy atom. The van der Waals surface area contributed by atoms with Crippen LogP contribution >= 0.6 is 12.6 Å². The Morgan fingerprint density at radius 2 is 1.78 bits per heavy atom. The van der Waals surface area contributed by atoms with Gasteiger partial charge >= 0.3 is 6.03 Å². The Morgan fingerprint density at radius 3 is 2.43 bits per heavy atom. The fraction of sp³-hybridized carbons (Fsp3) is 0.556. The SMILES string of the molecule is O=C1CN(C2CCCCC2)C(=O)N1C(CS)Cc1ccccc1. The maximum Gasteiger partial charge on any atom is 0.327 e. The number of nitrogens with zero attached hydrogens (tertiary/aromatic N) is 2. The molecule has 3 rings (SSSR count). The van der Waals surface area contributed by atoms with Crippen molar-refractivity contribution in [2.24, 2.45) is 0 Å². The summed E-state index contributed by atoms with van der Waals surface area (Å²) in [5, 5.41) is 0. The minimum Gasteiger partial charge on any atom is -0.312 e. The van der Waals surface area contributed by atoms with E-state index in [9.17, 15) is 9.59 Å². The summed E-state index contributed by atoms with van der Waals surface area (Å²) in [4.78, 5) is 28.5. The van der Waals surface area contributed by atoms with E-state index in [1.54, 1.807) is 4.90 Å². The summed E-state index contributed by atoms with van der Waals surface area (Å²) >= 11 is 4.39. The lowest BCUT2D eigenvalue weighted by Gasteiger charge is -2.31. The van der Waals surface area contributed by atoms with E-state index < -0.39 is 0 Å². The van der Waals surface area contributed by atoms with E-state index in [0.717, 1.165) is 31.2 Å². The van der Waals surface area contributed by atoms with Crippen LogP contribution in [0.3, 0.4) is 0 Å². The number of amides is 3. The lowest BCUT2D eigenvalue weighted by atomic mass is 9.94. The van der Waals surface area contributed by atoms with Crippen LogP contribution in [0.1, 0.15) is 37.7 Å². The zero-order chi connectivity index (χ0) is 16.2. The van der Waals surface area contributed by atoms with Crippen LogP contribution in [0, 0.1) is 0 Å². The summed E-state index contributed by atoms with van der Waals surface area (Å²) in [6, 6.07) is 9.94. The maximum atomic E-state index is 12.8. The molecule has 5 heteroatoms. The average molecular weight is 332 g/mol. The molecule has 0 bridgehead atoms. The summed E-state index contributed by atoms with van der Waals surface area (Å²) in [6.07, 6.45) is 6.27. The van der Waals surface area contributed by atoms with Crippen LogP contribution < -0.4 is 0 Å². The molecule has 1 unspecified atom stereocenters. The van der Waals surface area contributed by atoms with Crippen LogP contribution in [-0.2, 0) is 11.2 Å². The van der Waals surface area contributed by atoms with Crippen LogP contribution in [0.2, 0.25) is 0 Å². The molecule has 1 aromatic carbocycles. The molecule has 0 radical (unpaired) electrons. The van der Waals surface area contributed by atoms with Gasteiger partial charge in [0, 0.05) is 11.8 Å². The van der Waals surface area contributed by atoms with Gasteiger partial charge in [0.05, 0.1) is 6.04 Å². The Labute approximate surface area is 143 Å². The highest BCUT2D eigenvalue weighted by Crippen LogP contribution is 2.27. The summed E-state index contributed by atoms with van der Waals surface area (Å²) < 4.78 is 0. The molecule has 1 aliphatic heterocycles. The zero-order valence-corrected chi connectivity index (χ0v) is 14.3. The molecular formula is C18H24N2O2S. The summed E-state index contributed by atoms with van der Waals surface area (Å²) in [6.45, 7) is 0.239. The van der Waals surface area contributed by atoms with Crippen molar-refractivity contribution in [1.29, 1.82) is 0 Å². The van der Waals surface area contributed by atoms with Crippen molar-refractivity contribution < 1.29 is 9.59 Å². The molecule has 1 aliphatic carbocycles. The molecule has 1 atom stereocenters. The molecule has 1 heterocycles. The van der Waals surface area contributed by atoms with E-state index >= 15 is 0 Å². The molecule has 1 aromatic rings. The highest BCUT2D eigenvalue weighted by Gasteiger charge is 2.42. The number of rotatable bonds is 5. The highest BCUT2D eigenvalue weighted by molar-refractivity contribution is 7.80. The standard InChI is InChI=1S/C18H24N2O2S/c21-17-12-19(15-9-5-2-6-10-15)18(22)20(17)16(13-23)11-14-7-3-1-4-8-14/h1,3-4,7-8,15-16,23H,2,5-6,9-13H2. The number of urea groups is 1. The van der Waals surface area contributed by atoms with E-state index in [1.165, 1.54) is 11.3 Å². The van der Waals surface area contributed by atoms with E-state index in [1.807, 2.05) is 30.3 Å². The van der Waals surface area contributed by atoms with Crippen molar-refractivity contribution in [3.05, 3.63) is 35.9 Å². The molecule has 0 aromatic heterocycles. The van der Waals surface area contributed by atoms with Gasteiger partial charge in [0.1, 0.15) is 6.54 Å². The van der Waals surface area contributed by atoms with Gasteiger partial charge in [-0.05, 0) is 24.8 Å². The Balaban J connectivity index is 1.72. The summed E-state index contributed by atoms with van der Waals surface area (Å²) in [5.41, 5.74) is 1.13. The molecular weight excluding hydrogens is 308 g/mol. The van der Waals surface area contributed by atoms with Crippen LogP contribution in [0.15, 0.2) is 30.3 Å². The van der Waals surface area contributed by atoms with Crippen LogP contribution in [0.5, 0.6) is 0 Å². The van der Waals surface area contributed by atoms with Gasteiger partial charge in [0.2, 0.25) is 0 Å². The van der Waals surface area contributed by atoms with E-state index in [4.69, 9.17) is 0 Å². The number of thiol groups is 1. The summed E-state index contributed by atoms with van der Waals surface area (Å²) in [5.74, 6) is 0.417. The quantitative estimate of drug-likeness (QED) is 0.665. The molecule has 124 valence electrons. The summed E-state index contributed by atoms with van der Waals surface area (Å²) in [7, 11) is 0. The molecule has 1 saturated heterocycles. The maximum absolute atomic E-state index is 12.8. The van der Waals surface area contributed by atoms with Gasteiger partial charge in [0.25, 0.3) is 5.91 Å². The largest absolute Gasteiger partial charge is 0.327 e. The third kappa shape index (κ3) is 3.55. The second-order valence-corrected chi connectivity index (χ2v) is 6.86. The van der Waals surface area contributed by atoms with Crippen molar-refractivity contribution >= 4 is 24.6 Å². The fourth-order valence-corrected chi connectivity index (χ4v) is 3.99. The number of benzene rings is 1. The van der Waals surface area contributed by atoms with Crippen molar-refractivity contribution in [2.45, 2.75) is 50.6 Å². The predicted octanol–water partition coefficient (Wildman–Crippen LogP) is 3.12. The first-order valence-electron chi connectivity index (χ1n) is 8.48. The van der Waals surface area contributed by atoms with Gasteiger partial charge in [-0.2, -0.15) is 12.6 Å². The Kier molecular flexibility index (Phi) is 5.26. The first kappa shape index (κ1) is 16.4. The van der Waals surface area contributed by atoms with E-state index in [2.05, 4.69) is 12.6 Å². The molecule has 4 nitrogen and oxygen atoms in total. The predicted molar refractivity (Wildman–Crippen MR) is 93.6 cm³/mol. The van der Waals surface area contributed by atoms with Crippen LogP contribution in [-0.4, -0.2) is 46.1 Å². The van der Waals surface area contributed by atoms with Gasteiger partial charge in [-0.1, -0.05) is 49.6 Å². The topological polar surface area (TPSA) is 40.6 Å².